The maximum Gasteiger partial charge on any atom is 0.337 e. The Balaban J connectivity index is 1.96. The Labute approximate surface area is 104 Å². The number of carbonyl (C=O) groups excluding carboxylic acids is 1. The van der Waals surface area contributed by atoms with Crippen LogP contribution in [0.5, 0.6) is 0 Å². The number of rotatable bonds is 2. The molecule has 0 amide bonds. The van der Waals surface area contributed by atoms with Gasteiger partial charge in [-0.1, -0.05) is 0 Å². The number of benzene rings is 1. The minimum Gasteiger partial charge on any atom is -0.465 e. The summed E-state index contributed by atoms with van der Waals surface area (Å²) in [5.74, 6) is -0.305. The number of esters is 1. The zero-order valence-electron chi connectivity index (χ0n) is 9.42. The van der Waals surface area contributed by atoms with Gasteiger partial charge in [0.05, 0.1) is 23.3 Å². The number of ether oxygens (including phenoxy) is 1. The van der Waals surface area contributed by atoms with Gasteiger partial charge in [-0.2, -0.15) is 0 Å². The van der Waals surface area contributed by atoms with Gasteiger partial charge in [-0.25, -0.2) is 9.19 Å². The molecule has 17 heavy (non-hydrogen) atoms. The van der Waals surface area contributed by atoms with Crippen LogP contribution in [0.1, 0.15) is 23.2 Å². The summed E-state index contributed by atoms with van der Waals surface area (Å²) in [5.41, 5.74) is 1.71. The lowest BCUT2D eigenvalue weighted by Crippen LogP contribution is -2.25. The van der Waals surface area contributed by atoms with Crippen LogP contribution in [0.25, 0.3) is 0 Å². The molecule has 1 aliphatic carbocycles. The van der Waals surface area contributed by atoms with E-state index in [2.05, 4.69) is 9.30 Å². The Kier molecular flexibility index (Phi) is 2.55. The molecular weight excluding hydrogens is 236 g/mol. The van der Waals surface area contributed by atoms with Gasteiger partial charge in [-0.05, 0) is 31.0 Å². The Bertz CT molecular complexity index is 497. The van der Waals surface area contributed by atoms with Crippen LogP contribution < -0.4 is 4.90 Å². The van der Waals surface area contributed by atoms with Crippen molar-refractivity contribution in [3.8, 4) is 0 Å². The average molecular weight is 248 g/mol. The van der Waals surface area contributed by atoms with E-state index >= 15 is 0 Å². The average Bonchev–Trinajstić information content (AvgIpc) is 3.20. The van der Waals surface area contributed by atoms with Gasteiger partial charge in [0.15, 0.2) is 0 Å². The number of hydrogen-bond donors (Lipinski definition) is 0. The van der Waals surface area contributed by atoms with E-state index in [-0.39, 0.29) is 5.97 Å². The SMILES string of the molecule is COC(=O)c1ccc2c(c1)SN=CN2C1CC1. The summed E-state index contributed by atoms with van der Waals surface area (Å²) in [7, 11) is 1.39. The van der Waals surface area contributed by atoms with E-state index in [1.54, 1.807) is 6.07 Å². The first-order chi connectivity index (χ1) is 8.29. The molecule has 1 aromatic rings. The third-order valence-corrected chi connectivity index (χ3v) is 3.65. The minimum atomic E-state index is -0.305. The van der Waals surface area contributed by atoms with E-state index in [0.29, 0.717) is 11.6 Å². The predicted molar refractivity (Wildman–Crippen MR) is 67.6 cm³/mol. The van der Waals surface area contributed by atoms with Crippen LogP contribution in [-0.2, 0) is 4.74 Å². The minimum absolute atomic E-state index is 0.305. The number of methoxy groups -OCH3 is 1. The molecule has 0 aromatic heterocycles. The third kappa shape index (κ3) is 1.91. The monoisotopic (exact) mass is 248 g/mol. The van der Waals surface area contributed by atoms with E-state index in [1.165, 1.54) is 31.9 Å². The van der Waals surface area contributed by atoms with Crippen LogP contribution in [0.3, 0.4) is 0 Å². The highest BCUT2D eigenvalue weighted by Gasteiger charge is 2.31. The lowest BCUT2D eigenvalue weighted by molar-refractivity contribution is 0.0600. The Morgan fingerprint density at radius 2 is 2.35 bits per heavy atom. The van der Waals surface area contributed by atoms with E-state index in [1.807, 2.05) is 18.5 Å². The van der Waals surface area contributed by atoms with Crippen molar-refractivity contribution >= 4 is 29.9 Å². The van der Waals surface area contributed by atoms with Crippen molar-refractivity contribution < 1.29 is 9.53 Å². The summed E-state index contributed by atoms with van der Waals surface area (Å²) in [4.78, 5) is 14.6. The molecule has 3 rings (SSSR count). The van der Waals surface area contributed by atoms with E-state index in [0.717, 1.165) is 10.6 Å². The van der Waals surface area contributed by atoms with Crippen LogP contribution in [0.4, 0.5) is 5.69 Å². The van der Waals surface area contributed by atoms with Crippen molar-refractivity contribution in [3.63, 3.8) is 0 Å². The zero-order chi connectivity index (χ0) is 11.8. The highest BCUT2D eigenvalue weighted by atomic mass is 32.2. The highest BCUT2D eigenvalue weighted by Crippen LogP contribution is 2.40. The molecule has 0 N–H and O–H groups in total. The Morgan fingerprint density at radius 1 is 1.53 bits per heavy atom. The first kappa shape index (κ1) is 10.7. The molecule has 2 aliphatic rings. The molecule has 1 heterocycles. The second-order valence-electron chi connectivity index (χ2n) is 4.12. The van der Waals surface area contributed by atoms with Crippen molar-refractivity contribution in [2.45, 2.75) is 23.8 Å². The number of anilines is 1. The predicted octanol–water partition coefficient (Wildman–Crippen LogP) is 2.49. The molecule has 0 saturated heterocycles. The summed E-state index contributed by atoms with van der Waals surface area (Å²) < 4.78 is 8.97. The molecule has 1 saturated carbocycles. The quantitative estimate of drug-likeness (QED) is 0.595. The second-order valence-corrected chi connectivity index (χ2v) is 4.96. The van der Waals surface area contributed by atoms with Crippen molar-refractivity contribution in [1.82, 2.24) is 0 Å². The number of carbonyl (C=O) groups is 1. The number of nitrogens with zero attached hydrogens (tertiary/aromatic N) is 2. The van der Waals surface area contributed by atoms with Gasteiger partial charge in [-0.3, -0.25) is 0 Å². The molecule has 0 unspecified atom stereocenters. The van der Waals surface area contributed by atoms with E-state index in [4.69, 9.17) is 4.74 Å². The van der Waals surface area contributed by atoms with Gasteiger partial charge in [0.2, 0.25) is 0 Å². The van der Waals surface area contributed by atoms with E-state index in [9.17, 15) is 4.79 Å². The lowest BCUT2D eigenvalue weighted by atomic mass is 10.2. The Hall–Kier alpha value is -1.49. The molecule has 0 spiro atoms. The van der Waals surface area contributed by atoms with E-state index < -0.39 is 0 Å². The molecule has 5 heteroatoms. The topological polar surface area (TPSA) is 41.9 Å². The first-order valence-corrected chi connectivity index (χ1v) is 6.28. The maximum atomic E-state index is 11.4. The summed E-state index contributed by atoms with van der Waals surface area (Å²) in [6.45, 7) is 0. The van der Waals surface area contributed by atoms with Gasteiger partial charge in [0.25, 0.3) is 0 Å². The van der Waals surface area contributed by atoms with Gasteiger partial charge < -0.3 is 9.64 Å². The highest BCUT2D eigenvalue weighted by molar-refractivity contribution is 7.98. The number of hydrogen-bond acceptors (Lipinski definition) is 5. The van der Waals surface area contributed by atoms with Gasteiger partial charge in [0, 0.05) is 18.0 Å². The van der Waals surface area contributed by atoms with Gasteiger partial charge >= 0.3 is 5.97 Å². The van der Waals surface area contributed by atoms with Crippen LogP contribution in [0.15, 0.2) is 27.5 Å². The van der Waals surface area contributed by atoms with Crippen molar-refractivity contribution in [2.24, 2.45) is 4.40 Å². The molecular formula is C12H12N2O2S. The summed E-state index contributed by atoms with van der Waals surface area (Å²) >= 11 is 1.40. The third-order valence-electron chi connectivity index (χ3n) is 2.92. The summed E-state index contributed by atoms with van der Waals surface area (Å²) in [6.07, 6.45) is 4.31. The molecule has 1 aromatic carbocycles. The largest absolute Gasteiger partial charge is 0.465 e. The molecule has 4 nitrogen and oxygen atoms in total. The summed E-state index contributed by atoms with van der Waals surface area (Å²) in [5, 5.41) is 0. The van der Waals surface area contributed by atoms with Crippen LogP contribution >= 0.6 is 11.9 Å². The molecule has 88 valence electrons. The van der Waals surface area contributed by atoms with Gasteiger partial charge in [0.1, 0.15) is 6.34 Å². The van der Waals surface area contributed by atoms with Crippen molar-refractivity contribution in [3.05, 3.63) is 23.8 Å². The van der Waals surface area contributed by atoms with Crippen molar-refractivity contribution in [2.75, 3.05) is 12.0 Å². The fourth-order valence-electron chi connectivity index (χ4n) is 1.88. The van der Waals surface area contributed by atoms with Crippen LogP contribution in [0.2, 0.25) is 0 Å². The molecule has 0 bridgehead atoms. The normalized spacial score (nSPS) is 17.8. The first-order valence-electron chi connectivity index (χ1n) is 5.51. The zero-order valence-corrected chi connectivity index (χ0v) is 10.2. The lowest BCUT2D eigenvalue weighted by Gasteiger charge is -2.24. The summed E-state index contributed by atoms with van der Waals surface area (Å²) in [6, 6.07) is 6.21. The van der Waals surface area contributed by atoms with Gasteiger partial charge in [-0.15, -0.1) is 0 Å². The van der Waals surface area contributed by atoms with Crippen molar-refractivity contribution in [1.29, 1.82) is 0 Å². The van der Waals surface area contributed by atoms with Crippen LogP contribution in [-0.4, -0.2) is 25.5 Å². The van der Waals surface area contributed by atoms with Crippen LogP contribution in [0, 0.1) is 0 Å². The molecule has 0 radical (unpaired) electrons. The molecule has 0 atom stereocenters. The molecule has 1 aliphatic heterocycles. The fourth-order valence-corrected chi connectivity index (χ4v) is 2.59. The number of fused-ring (bicyclic) bond motifs is 1. The molecule has 1 fully saturated rings. The Morgan fingerprint density at radius 3 is 3.06 bits per heavy atom. The fraction of sp³-hybridized carbons (Fsp3) is 0.333. The second kappa shape index (κ2) is 4.07. The maximum absolute atomic E-state index is 11.4. The standard InChI is InChI=1S/C12H12N2O2S/c1-16-12(15)8-2-5-10-11(6-8)17-13-7-14(10)9-3-4-9/h2,5-7,9H,3-4H2,1H3. The smallest absolute Gasteiger partial charge is 0.337 e.